The lowest BCUT2D eigenvalue weighted by atomic mass is 10.7. The van der Waals surface area contributed by atoms with Crippen molar-refractivity contribution in [3.05, 3.63) is 0 Å². The number of halogens is 6. The SMILES string of the molecule is CC#CN(C(F)(F)F)C(F)(F)F. The molecular formula is C5H3F6N. The standard InChI is InChI=1S/C5H3F6N/c1-2-3-12(4(6,7)8)5(9,10)11/h1H3. The number of rotatable bonds is 0. The minimum atomic E-state index is -5.51. The highest BCUT2D eigenvalue weighted by molar-refractivity contribution is 4.97. The van der Waals surface area contributed by atoms with E-state index in [0.717, 1.165) is 13.0 Å². The van der Waals surface area contributed by atoms with Gasteiger partial charge in [-0.05, 0) is 6.92 Å². The van der Waals surface area contributed by atoms with Crippen molar-refractivity contribution in [2.45, 2.75) is 19.5 Å². The van der Waals surface area contributed by atoms with E-state index in [1.54, 1.807) is 0 Å². The first-order chi connectivity index (χ1) is 5.19. The molecule has 0 fully saturated rings. The molecule has 0 aliphatic heterocycles. The van der Waals surface area contributed by atoms with Crippen LogP contribution in [0.25, 0.3) is 0 Å². The monoisotopic (exact) mass is 191 g/mol. The van der Waals surface area contributed by atoms with Crippen LogP contribution < -0.4 is 0 Å². The highest BCUT2D eigenvalue weighted by Crippen LogP contribution is 2.32. The molecule has 0 heterocycles. The van der Waals surface area contributed by atoms with Gasteiger partial charge < -0.3 is 0 Å². The summed E-state index contributed by atoms with van der Waals surface area (Å²) in [5, 5.41) is 0. The number of hydrogen-bond acceptors (Lipinski definition) is 1. The zero-order chi connectivity index (χ0) is 9.99. The summed E-state index contributed by atoms with van der Waals surface area (Å²) >= 11 is 0. The first-order valence-corrected chi connectivity index (χ1v) is 2.55. The van der Waals surface area contributed by atoms with E-state index in [0.29, 0.717) is 0 Å². The second-order valence-electron chi connectivity index (χ2n) is 1.63. The van der Waals surface area contributed by atoms with E-state index in [1.165, 1.54) is 5.92 Å². The summed E-state index contributed by atoms with van der Waals surface area (Å²) in [5.74, 6) is 1.52. The fourth-order valence-electron chi connectivity index (χ4n) is 0.382. The van der Waals surface area contributed by atoms with Gasteiger partial charge in [-0.1, -0.05) is 5.92 Å². The average molecular weight is 191 g/mol. The second-order valence-corrected chi connectivity index (χ2v) is 1.63. The molecule has 0 atom stereocenters. The highest BCUT2D eigenvalue weighted by atomic mass is 19.4. The molecule has 0 amide bonds. The topological polar surface area (TPSA) is 3.24 Å². The minimum absolute atomic E-state index is 0.879. The third kappa shape index (κ3) is 2.90. The van der Waals surface area contributed by atoms with Gasteiger partial charge in [0.1, 0.15) is 0 Å². The van der Waals surface area contributed by atoms with E-state index >= 15 is 0 Å². The molecule has 0 aromatic carbocycles. The van der Waals surface area contributed by atoms with E-state index in [9.17, 15) is 26.3 Å². The van der Waals surface area contributed by atoms with Gasteiger partial charge in [0.15, 0.2) is 0 Å². The first kappa shape index (κ1) is 10.9. The van der Waals surface area contributed by atoms with Crippen molar-refractivity contribution < 1.29 is 26.3 Å². The zero-order valence-corrected chi connectivity index (χ0v) is 5.72. The molecule has 0 aliphatic rings. The molecule has 0 aliphatic carbocycles. The van der Waals surface area contributed by atoms with Crippen molar-refractivity contribution in [3.63, 3.8) is 0 Å². The van der Waals surface area contributed by atoms with Crippen molar-refractivity contribution in [2.24, 2.45) is 0 Å². The quantitative estimate of drug-likeness (QED) is 0.246. The molecule has 0 aromatic heterocycles. The molecule has 0 spiro atoms. The van der Waals surface area contributed by atoms with Gasteiger partial charge in [0.2, 0.25) is 0 Å². The molecule has 0 aromatic rings. The lowest BCUT2D eigenvalue weighted by Crippen LogP contribution is -2.44. The van der Waals surface area contributed by atoms with Crippen LogP contribution in [0.5, 0.6) is 0 Å². The molecule has 0 rings (SSSR count). The van der Waals surface area contributed by atoms with E-state index in [4.69, 9.17) is 0 Å². The maximum atomic E-state index is 11.5. The average Bonchev–Trinajstić information content (AvgIpc) is 1.77. The van der Waals surface area contributed by atoms with Crippen molar-refractivity contribution in [3.8, 4) is 12.0 Å². The molecule has 0 saturated carbocycles. The van der Waals surface area contributed by atoms with Gasteiger partial charge in [-0.25, -0.2) is 0 Å². The predicted molar refractivity (Wildman–Crippen MR) is 27.4 cm³/mol. The largest absolute Gasteiger partial charge is 0.498 e. The third-order valence-corrected chi connectivity index (χ3v) is 0.731. The zero-order valence-electron chi connectivity index (χ0n) is 5.72. The van der Waals surface area contributed by atoms with Crippen molar-refractivity contribution in [1.82, 2.24) is 4.90 Å². The minimum Gasteiger partial charge on any atom is -0.149 e. The lowest BCUT2D eigenvalue weighted by molar-refractivity contribution is -0.348. The molecule has 0 saturated heterocycles. The maximum absolute atomic E-state index is 11.5. The van der Waals surface area contributed by atoms with E-state index in [2.05, 4.69) is 0 Å². The Morgan fingerprint density at radius 2 is 1.25 bits per heavy atom. The van der Waals surface area contributed by atoms with Crippen LogP contribution in [-0.4, -0.2) is 17.5 Å². The summed E-state index contributed by atoms with van der Waals surface area (Å²) in [7, 11) is 0. The highest BCUT2D eigenvalue weighted by Gasteiger charge is 2.52. The Labute approximate surface area is 64.0 Å². The molecule has 0 bridgehead atoms. The Balaban J connectivity index is 4.78. The lowest BCUT2D eigenvalue weighted by Gasteiger charge is -2.22. The summed E-state index contributed by atoms with van der Waals surface area (Å²) in [6, 6.07) is 0.896. The third-order valence-electron chi connectivity index (χ3n) is 0.731. The molecule has 1 nitrogen and oxygen atoms in total. The number of alkyl halides is 6. The van der Waals surface area contributed by atoms with Gasteiger partial charge in [-0.2, -0.15) is 0 Å². The Kier molecular flexibility index (Phi) is 2.85. The van der Waals surface area contributed by atoms with Crippen molar-refractivity contribution in [1.29, 1.82) is 0 Å². The van der Waals surface area contributed by atoms with E-state index in [1.807, 2.05) is 0 Å². The number of hydrogen-bond donors (Lipinski definition) is 0. The summed E-state index contributed by atoms with van der Waals surface area (Å²) in [6.07, 6.45) is -11.0. The van der Waals surface area contributed by atoms with E-state index in [-0.39, 0.29) is 0 Å². The van der Waals surface area contributed by atoms with Crippen LogP contribution in [0.15, 0.2) is 0 Å². The van der Waals surface area contributed by atoms with Crippen LogP contribution in [-0.2, 0) is 0 Å². The molecule has 7 heteroatoms. The fourth-order valence-corrected chi connectivity index (χ4v) is 0.382. The molecule has 0 N–H and O–H groups in total. The van der Waals surface area contributed by atoms with Gasteiger partial charge >= 0.3 is 12.6 Å². The first-order valence-electron chi connectivity index (χ1n) is 2.55. The van der Waals surface area contributed by atoms with Crippen molar-refractivity contribution in [2.75, 3.05) is 0 Å². The summed E-state index contributed by atoms with van der Waals surface area (Å²) in [6.45, 7) is 0.879. The molecular weight excluding hydrogens is 188 g/mol. The van der Waals surface area contributed by atoms with Crippen LogP contribution >= 0.6 is 0 Å². The maximum Gasteiger partial charge on any atom is 0.498 e. The van der Waals surface area contributed by atoms with Gasteiger partial charge in [0.05, 0.1) is 0 Å². The van der Waals surface area contributed by atoms with Gasteiger partial charge in [0.25, 0.3) is 0 Å². The van der Waals surface area contributed by atoms with Crippen LogP contribution in [0.1, 0.15) is 6.92 Å². The van der Waals surface area contributed by atoms with Crippen LogP contribution in [0, 0.1) is 12.0 Å². The second kappa shape index (κ2) is 3.13. The van der Waals surface area contributed by atoms with Gasteiger partial charge in [-0.3, -0.25) is 0 Å². The predicted octanol–water partition coefficient (Wildman–Crippen LogP) is 2.31. The molecule has 70 valence electrons. The summed E-state index contributed by atoms with van der Waals surface area (Å²) in [4.78, 5) is -1.81. The normalized spacial score (nSPS) is 11.9. The molecule has 0 unspecified atom stereocenters. The van der Waals surface area contributed by atoms with Gasteiger partial charge in [0, 0.05) is 6.04 Å². The molecule has 0 radical (unpaired) electrons. The Bertz CT molecular complexity index is 189. The van der Waals surface area contributed by atoms with E-state index < -0.39 is 17.5 Å². The van der Waals surface area contributed by atoms with Crippen molar-refractivity contribution >= 4 is 0 Å². The Morgan fingerprint density at radius 3 is 1.33 bits per heavy atom. The fraction of sp³-hybridized carbons (Fsp3) is 0.600. The smallest absolute Gasteiger partial charge is 0.149 e. The Morgan fingerprint density at radius 1 is 0.917 bits per heavy atom. The Hall–Kier alpha value is -1.06. The van der Waals surface area contributed by atoms with Crippen LogP contribution in [0.2, 0.25) is 0 Å². The summed E-state index contributed by atoms with van der Waals surface area (Å²) in [5.41, 5.74) is 0. The van der Waals surface area contributed by atoms with Crippen LogP contribution in [0.3, 0.4) is 0 Å². The molecule has 12 heavy (non-hydrogen) atoms. The van der Waals surface area contributed by atoms with Crippen LogP contribution in [0.4, 0.5) is 26.3 Å². The summed E-state index contributed by atoms with van der Waals surface area (Å²) < 4.78 is 69.0. The number of nitrogens with zero attached hydrogens (tertiary/aromatic N) is 1. The van der Waals surface area contributed by atoms with Gasteiger partial charge in [-0.15, -0.1) is 31.2 Å².